The first-order chi connectivity index (χ1) is 15.3. The number of hydrogen-bond acceptors (Lipinski definition) is 8. The van der Waals surface area contributed by atoms with Gasteiger partial charge in [-0.3, -0.25) is 0 Å². The van der Waals surface area contributed by atoms with E-state index in [1.54, 1.807) is 0 Å². The van der Waals surface area contributed by atoms with E-state index in [1.807, 2.05) is 67.4 Å². The second kappa shape index (κ2) is 16.5. The largest absolute Gasteiger partial charge is 0.491 e. The van der Waals surface area contributed by atoms with Crippen molar-refractivity contribution in [3.05, 3.63) is 24.3 Å². The smallest absolute Gasteiger partial charge is 0.123 e. The molecule has 0 amide bonds. The number of hydrogen-bond donors (Lipinski definition) is 2. The molecule has 1 aromatic carbocycles. The number of ether oxygens (including phenoxy) is 2. The first-order valence-electron chi connectivity index (χ1n) is 10.8. The molecule has 0 spiro atoms. The summed E-state index contributed by atoms with van der Waals surface area (Å²) in [6, 6.07) is 7.48. The van der Waals surface area contributed by atoms with E-state index in [0.29, 0.717) is 11.5 Å². The Morgan fingerprint density at radius 3 is 1.44 bits per heavy atom. The molecule has 10 heteroatoms. The van der Waals surface area contributed by atoms with Crippen molar-refractivity contribution in [2.45, 2.75) is 38.9 Å². The Bertz CT molecular complexity index is 579. The van der Waals surface area contributed by atoms with Gasteiger partial charge in [-0.1, -0.05) is 19.9 Å². The summed E-state index contributed by atoms with van der Waals surface area (Å²) in [4.78, 5) is 0. The van der Waals surface area contributed by atoms with Crippen molar-refractivity contribution >= 4 is 59.4 Å². The second-order valence-corrected chi connectivity index (χ2v) is 26.0. The Hall–Kier alpha value is 0.840. The normalized spacial score (nSPS) is 15.2. The van der Waals surface area contributed by atoms with Crippen molar-refractivity contribution in [1.29, 1.82) is 0 Å². The van der Waals surface area contributed by atoms with E-state index >= 15 is 0 Å². The van der Waals surface area contributed by atoms with Gasteiger partial charge < -0.3 is 19.7 Å². The maximum Gasteiger partial charge on any atom is 0.123 e. The lowest BCUT2D eigenvalue weighted by Crippen LogP contribution is -2.25. The first kappa shape index (κ1) is 30.9. The minimum Gasteiger partial charge on any atom is -0.491 e. The molecule has 0 aliphatic heterocycles. The molecular formula is C22H42O4S6. The fourth-order valence-electron chi connectivity index (χ4n) is 3.25. The minimum absolute atomic E-state index is 0.274. The molecule has 0 saturated heterocycles. The fourth-order valence-corrected chi connectivity index (χ4v) is 18.5. The fraction of sp³-hybridized carbons (Fsp3) is 0.727. The molecule has 0 aliphatic carbocycles. The Balaban J connectivity index is 2.59. The lowest BCUT2D eigenvalue weighted by molar-refractivity contribution is 0.122. The van der Waals surface area contributed by atoms with E-state index in [-0.39, 0.29) is 13.2 Å². The summed E-state index contributed by atoms with van der Waals surface area (Å²) in [5.74, 6) is 5.20. The molecule has 0 heterocycles. The minimum atomic E-state index is -0.927. The topological polar surface area (TPSA) is 58.9 Å². The Kier molecular flexibility index (Phi) is 15.9. The lowest BCUT2D eigenvalue weighted by atomic mass is 10.3. The van der Waals surface area contributed by atoms with E-state index < -0.39 is 28.4 Å². The van der Waals surface area contributed by atoms with Gasteiger partial charge in [-0.25, -0.2) is 0 Å². The average Bonchev–Trinajstić information content (AvgIpc) is 2.81. The molecule has 0 fully saturated rings. The molecule has 1 rings (SSSR count). The summed E-state index contributed by atoms with van der Waals surface area (Å²) in [6.07, 6.45) is 9.88. The highest BCUT2D eigenvalue weighted by molar-refractivity contribution is 9.25. The third-order valence-electron chi connectivity index (χ3n) is 4.83. The Morgan fingerprint density at radius 2 is 1.12 bits per heavy atom. The third kappa shape index (κ3) is 10.6. The van der Waals surface area contributed by atoms with Crippen LogP contribution in [-0.4, -0.2) is 83.7 Å². The summed E-state index contributed by atoms with van der Waals surface area (Å²) in [5.41, 5.74) is 0. The summed E-state index contributed by atoms with van der Waals surface area (Å²) in [6.45, 7) is 4.95. The molecule has 2 unspecified atom stereocenters. The molecule has 0 saturated carbocycles. The van der Waals surface area contributed by atoms with Crippen LogP contribution in [0.1, 0.15) is 26.7 Å². The van der Waals surface area contributed by atoms with E-state index in [1.165, 1.54) is 0 Å². The molecular weight excluding hydrogens is 521 g/mol. The zero-order valence-electron chi connectivity index (χ0n) is 20.3. The van der Waals surface area contributed by atoms with Crippen molar-refractivity contribution < 1.29 is 19.7 Å². The standard InChI is InChI=1S/C22H42O4S6/c1-7-12-31(27-3,28-4)17-19(23)15-25-21-10-9-11-22(14-21)26-16-20(24)18-32(29-5,30-6)13-8-2/h9-11,14,19-20,23-24H,7-8,12-13,15-18H2,1-6H3. The maximum atomic E-state index is 10.6. The van der Waals surface area contributed by atoms with Crippen LogP contribution < -0.4 is 9.47 Å². The van der Waals surface area contributed by atoms with E-state index in [9.17, 15) is 10.2 Å². The van der Waals surface area contributed by atoms with Crippen molar-refractivity contribution in [3.8, 4) is 11.5 Å². The van der Waals surface area contributed by atoms with Crippen LogP contribution in [0.15, 0.2) is 24.3 Å². The van der Waals surface area contributed by atoms with Crippen molar-refractivity contribution in [2.75, 3.05) is 61.2 Å². The van der Waals surface area contributed by atoms with Crippen molar-refractivity contribution in [2.24, 2.45) is 0 Å². The van der Waals surface area contributed by atoms with Crippen LogP contribution >= 0.6 is 59.4 Å². The van der Waals surface area contributed by atoms with Crippen molar-refractivity contribution in [1.82, 2.24) is 0 Å². The highest BCUT2D eigenvalue weighted by Crippen LogP contribution is 2.68. The third-order valence-corrected chi connectivity index (χ3v) is 26.9. The monoisotopic (exact) mass is 562 g/mol. The summed E-state index contributed by atoms with van der Waals surface area (Å²) in [5, 5.41) is 21.2. The molecule has 1 aromatic rings. The zero-order valence-corrected chi connectivity index (χ0v) is 25.2. The van der Waals surface area contributed by atoms with Crippen LogP contribution in [0, 0.1) is 0 Å². The van der Waals surface area contributed by atoms with Crippen LogP contribution in [0.3, 0.4) is 0 Å². The highest BCUT2D eigenvalue weighted by atomic mass is 33.6. The molecule has 2 atom stereocenters. The van der Waals surface area contributed by atoms with E-state index in [4.69, 9.17) is 9.47 Å². The van der Waals surface area contributed by atoms with Gasteiger partial charge in [-0.05, 0) is 61.5 Å². The van der Waals surface area contributed by atoms with Gasteiger partial charge in [0.1, 0.15) is 24.7 Å². The molecule has 32 heavy (non-hydrogen) atoms. The summed E-state index contributed by atoms with van der Waals surface area (Å²) >= 11 is 0. The average molecular weight is 563 g/mol. The van der Waals surface area contributed by atoms with Crippen LogP contribution in [0.4, 0.5) is 0 Å². The molecule has 0 bridgehead atoms. The van der Waals surface area contributed by atoms with Crippen LogP contribution in [0.5, 0.6) is 11.5 Å². The van der Waals surface area contributed by atoms with Gasteiger partial charge in [0.2, 0.25) is 0 Å². The summed E-state index contributed by atoms with van der Waals surface area (Å²) in [7, 11) is 5.74. The van der Waals surface area contributed by atoms with Crippen LogP contribution in [0.2, 0.25) is 0 Å². The van der Waals surface area contributed by atoms with Gasteiger partial charge in [0.15, 0.2) is 0 Å². The quantitative estimate of drug-likeness (QED) is 0.192. The molecule has 4 nitrogen and oxygen atoms in total. The molecule has 0 radical (unpaired) electrons. The van der Waals surface area contributed by atoms with Gasteiger partial charge in [0, 0.05) is 17.6 Å². The lowest BCUT2D eigenvalue weighted by Gasteiger charge is -2.37. The SMILES string of the molecule is CCCS(CC(O)COc1cccc(OCC(O)CS(CCC)(SC)SC)c1)(SC)SC. The molecule has 0 aromatic heterocycles. The van der Waals surface area contributed by atoms with Gasteiger partial charge in [-0.2, -0.15) is 0 Å². The number of aliphatic hydroxyl groups is 2. The second-order valence-electron chi connectivity index (χ2n) is 7.30. The van der Waals surface area contributed by atoms with E-state index in [2.05, 4.69) is 38.9 Å². The molecule has 0 aliphatic rings. The van der Waals surface area contributed by atoms with Gasteiger partial charge in [-0.15, -0.1) is 59.4 Å². The number of benzene rings is 1. The van der Waals surface area contributed by atoms with Crippen LogP contribution in [-0.2, 0) is 0 Å². The van der Waals surface area contributed by atoms with Gasteiger partial charge >= 0.3 is 0 Å². The van der Waals surface area contributed by atoms with E-state index in [0.717, 1.165) is 35.9 Å². The Morgan fingerprint density at radius 1 is 0.750 bits per heavy atom. The highest BCUT2D eigenvalue weighted by Gasteiger charge is 2.26. The predicted octanol–water partition coefficient (Wildman–Crippen LogP) is 6.71. The molecule has 2 N–H and O–H groups in total. The van der Waals surface area contributed by atoms with Crippen LogP contribution in [0.25, 0.3) is 0 Å². The zero-order chi connectivity index (χ0) is 24.0. The van der Waals surface area contributed by atoms with Gasteiger partial charge in [0.05, 0.1) is 12.2 Å². The predicted molar refractivity (Wildman–Crippen MR) is 159 cm³/mol. The van der Waals surface area contributed by atoms with Crippen molar-refractivity contribution in [3.63, 3.8) is 0 Å². The van der Waals surface area contributed by atoms with Gasteiger partial charge in [0.25, 0.3) is 0 Å². The Labute approximate surface area is 213 Å². The molecule has 190 valence electrons. The first-order valence-corrected chi connectivity index (χ1v) is 21.7. The number of aliphatic hydroxyl groups excluding tert-OH is 2. The summed E-state index contributed by atoms with van der Waals surface area (Å²) < 4.78 is 11.8. The number of rotatable bonds is 18. The maximum absolute atomic E-state index is 10.6.